The first-order valence-electron chi connectivity index (χ1n) is 4.12. The van der Waals surface area contributed by atoms with E-state index < -0.39 is 18.6 Å². The molecule has 1 heterocycles. The fourth-order valence-corrected chi connectivity index (χ4v) is 1.62. The van der Waals surface area contributed by atoms with Crippen molar-refractivity contribution in [1.82, 2.24) is 10.3 Å². The molecule has 16 heavy (non-hydrogen) atoms. The van der Waals surface area contributed by atoms with Crippen molar-refractivity contribution < 1.29 is 18.0 Å². The van der Waals surface area contributed by atoms with E-state index in [2.05, 4.69) is 10.3 Å². The molecular formula is C7H9F3N4OS. The van der Waals surface area contributed by atoms with Gasteiger partial charge in [-0.2, -0.15) is 13.2 Å². The number of nitrogens with one attached hydrogen (secondary N) is 2. The van der Waals surface area contributed by atoms with Crippen LogP contribution in [0.3, 0.4) is 0 Å². The lowest BCUT2D eigenvalue weighted by molar-refractivity contribution is -0.123. The summed E-state index contributed by atoms with van der Waals surface area (Å²) in [6.07, 6.45) is -4.44. The molecule has 5 nitrogen and oxygen atoms in total. The number of rotatable bonds is 3. The summed E-state index contributed by atoms with van der Waals surface area (Å²) in [5.41, 5.74) is 5.37. The summed E-state index contributed by atoms with van der Waals surface area (Å²) in [5, 5.41) is 4.73. The molecule has 0 atom stereocenters. The van der Waals surface area contributed by atoms with Crippen molar-refractivity contribution in [1.29, 1.82) is 0 Å². The van der Waals surface area contributed by atoms with Crippen LogP contribution in [0.15, 0.2) is 0 Å². The zero-order valence-electron chi connectivity index (χ0n) is 8.18. The first-order chi connectivity index (χ1) is 7.33. The highest BCUT2D eigenvalue weighted by Crippen LogP contribution is 2.24. The normalized spacial score (nSPS) is 11.2. The number of anilines is 2. The van der Waals surface area contributed by atoms with Crippen LogP contribution in [0, 0.1) is 0 Å². The molecule has 1 aromatic heterocycles. The van der Waals surface area contributed by atoms with Crippen LogP contribution in [0.4, 0.5) is 24.1 Å². The molecule has 4 N–H and O–H groups in total. The number of hydrogen-bond acceptors (Lipinski definition) is 5. The molecule has 0 saturated carbocycles. The highest BCUT2D eigenvalue weighted by molar-refractivity contribution is 7.18. The maximum absolute atomic E-state index is 11.8. The third-order valence-electron chi connectivity index (χ3n) is 1.52. The summed E-state index contributed by atoms with van der Waals surface area (Å²) in [6.45, 7) is -1.39. The summed E-state index contributed by atoms with van der Waals surface area (Å²) in [7, 11) is 1.57. The highest BCUT2D eigenvalue weighted by atomic mass is 32.1. The first-order valence-corrected chi connectivity index (χ1v) is 4.94. The van der Waals surface area contributed by atoms with Crippen LogP contribution in [0.25, 0.3) is 0 Å². The smallest absolute Gasteiger partial charge is 0.382 e. The molecule has 0 fully saturated rings. The number of nitrogen functional groups attached to an aromatic ring is 1. The molecule has 0 unspecified atom stereocenters. The van der Waals surface area contributed by atoms with Gasteiger partial charge in [0, 0.05) is 7.05 Å². The van der Waals surface area contributed by atoms with Gasteiger partial charge in [0.2, 0.25) is 0 Å². The van der Waals surface area contributed by atoms with E-state index in [-0.39, 0.29) is 10.7 Å². The third kappa shape index (κ3) is 3.26. The van der Waals surface area contributed by atoms with E-state index in [1.165, 1.54) is 0 Å². The number of carbonyl (C=O) groups excluding carboxylic acids is 1. The quantitative estimate of drug-likeness (QED) is 0.753. The van der Waals surface area contributed by atoms with Gasteiger partial charge >= 0.3 is 6.18 Å². The van der Waals surface area contributed by atoms with Gasteiger partial charge in [-0.15, -0.1) is 0 Å². The van der Waals surface area contributed by atoms with Crippen molar-refractivity contribution in [3.05, 3.63) is 4.88 Å². The summed E-state index contributed by atoms with van der Waals surface area (Å²) in [5.74, 6) is -0.970. The summed E-state index contributed by atoms with van der Waals surface area (Å²) in [6, 6.07) is 0. The molecule has 0 bridgehead atoms. The van der Waals surface area contributed by atoms with Crippen molar-refractivity contribution in [2.24, 2.45) is 0 Å². The molecule has 1 aromatic rings. The van der Waals surface area contributed by atoms with Crippen LogP contribution in [-0.4, -0.2) is 30.7 Å². The fourth-order valence-electron chi connectivity index (χ4n) is 0.862. The van der Waals surface area contributed by atoms with Crippen LogP contribution >= 0.6 is 11.3 Å². The lowest BCUT2D eigenvalue weighted by atomic mass is 10.4. The molecule has 0 radical (unpaired) electrons. The topological polar surface area (TPSA) is 80.0 Å². The molecule has 0 spiro atoms. The number of nitrogens with zero attached hydrogens (tertiary/aromatic N) is 1. The third-order valence-corrected chi connectivity index (χ3v) is 2.61. The minimum Gasteiger partial charge on any atom is -0.382 e. The maximum atomic E-state index is 11.8. The van der Waals surface area contributed by atoms with E-state index in [0.717, 1.165) is 11.3 Å². The monoisotopic (exact) mass is 254 g/mol. The van der Waals surface area contributed by atoms with Gasteiger partial charge in [-0.1, -0.05) is 11.3 Å². The van der Waals surface area contributed by atoms with Crippen molar-refractivity contribution in [3.8, 4) is 0 Å². The van der Waals surface area contributed by atoms with Crippen molar-refractivity contribution in [2.75, 3.05) is 24.6 Å². The van der Waals surface area contributed by atoms with Gasteiger partial charge < -0.3 is 16.4 Å². The minimum atomic E-state index is -4.44. The van der Waals surface area contributed by atoms with E-state index in [1.54, 1.807) is 12.4 Å². The maximum Gasteiger partial charge on any atom is 0.405 e. The largest absolute Gasteiger partial charge is 0.405 e. The van der Waals surface area contributed by atoms with Crippen LogP contribution in [-0.2, 0) is 0 Å². The number of carbonyl (C=O) groups is 1. The van der Waals surface area contributed by atoms with Gasteiger partial charge in [-0.25, -0.2) is 4.98 Å². The molecule has 0 aliphatic carbocycles. The number of amides is 1. The molecule has 0 aromatic carbocycles. The number of nitrogens with two attached hydrogens (primary N) is 1. The van der Waals surface area contributed by atoms with Gasteiger partial charge in [0.25, 0.3) is 5.91 Å². The predicted octanol–water partition coefficient (Wildman–Crippen LogP) is 1.06. The summed E-state index contributed by atoms with van der Waals surface area (Å²) < 4.78 is 35.5. The van der Waals surface area contributed by atoms with Gasteiger partial charge in [0.15, 0.2) is 5.13 Å². The lowest BCUT2D eigenvalue weighted by Gasteiger charge is -2.06. The second-order valence-corrected chi connectivity index (χ2v) is 3.78. The Labute approximate surface area is 92.8 Å². The van der Waals surface area contributed by atoms with Gasteiger partial charge in [-0.3, -0.25) is 4.79 Å². The van der Waals surface area contributed by atoms with Gasteiger partial charge in [0.05, 0.1) is 0 Å². The van der Waals surface area contributed by atoms with Crippen LogP contribution in [0.1, 0.15) is 9.67 Å². The number of halogens is 3. The minimum absolute atomic E-state index is 0.0337. The molecule has 0 aliphatic rings. The van der Waals surface area contributed by atoms with Crippen LogP contribution < -0.4 is 16.4 Å². The van der Waals surface area contributed by atoms with Crippen molar-refractivity contribution >= 4 is 28.2 Å². The number of thiazole rings is 1. The average Bonchev–Trinajstić information content (AvgIpc) is 2.55. The first kappa shape index (κ1) is 12.6. The van der Waals surface area contributed by atoms with Crippen molar-refractivity contribution in [3.63, 3.8) is 0 Å². The zero-order valence-corrected chi connectivity index (χ0v) is 9.00. The Balaban J connectivity index is 2.69. The highest BCUT2D eigenvalue weighted by Gasteiger charge is 2.28. The second kappa shape index (κ2) is 4.56. The Morgan fingerprint density at radius 3 is 2.62 bits per heavy atom. The van der Waals surface area contributed by atoms with E-state index in [0.29, 0.717) is 5.13 Å². The Morgan fingerprint density at radius 2 is 2.19 bits per heavy atom. The molecular weight excluding hydrogens is 245 g/mol. The van der Waals surface area contributed by atoms with Gasteiger partial charge in [-0.05, 0) is 0 Å². The number of hydrogen-bond donors (Lipinski definition) is 3. The van der Waals surface area contributed by atoms with Crippen molar-refractivity contribution in [2.45, 2.75) is 6.18 Å². The predicted molar refractivity (Wildman–Crippen MR) is 54.5 cm³/mol. The molecule has 0 saturated heterocycles. The lowest BCUT2D eigenvalue weighted by Crippen LogP contribution is -2.33. The van der Waals surface area contributed by atoms with E-state index in [9.17, 15) is 18.0 Å². The van der Waals surface area contributed by atoms with Crippen LogP contribution in [0.5, 0.6) is 0 Å². The van der Waals surface area contributed by atoms with E-state index in [1.807, 2.05) is 0 Å². The SMILES string of the molecule is CNc1nc(N)c(C(=O)NCC(F)(F)F)s1. The Kier molecular flexibility index (Phi) is 3.58. The molecule has 1 amide bonds. The Morgan fingerprint density at radius 1 is 1.56 bits per heavy atom. The fraction of sp³-hybridized carbons (Fsp3) is 0.429. The van der Waals surface area contributed by atoms with Gasteiger partial charge in [0.1, 0.15) is 17.2 Å². The standard InChI is InChI=1S/C7H9F3N4OS/c1-12-6-14-4(11)3(16-6)5(15)13-2-7(8,9)10/h2,11H2,1H3,(H,12,14)(H,13,15). The summed E-state index contributed by atoms with van der Waals surface area (Å²) >= 11 is 0.892. The molecule has 9 heteroatoms. The zero-order chi connectivity index (χ0) is 12.3. The van der Waals surface area contributed by atoms with Crippen LogP contribution in [0.2, 0.25) is 0 Å². The molecule has 1 rings (SSSR count). The second-order valence-electron chi connectivity index (χ2n) is 2.78. The number of alkyl halides is 3. The number of aromatic nitrogens is 1. The Hall–Kier alpha value is -1.51. The Bertz CT molecular complexity index is 389. The molecule has 0 aliphatic heterocycles. The molecule has 90 valence electrons. The average molecular weight is 254 g/mol. The van der Waals surface area contributed by atoms with E-state index >= 15 is 0 Å². The van der Waals surface area contributed by atoms with E-state index in [4.69, 9.17) is 5.73 Å². The summed E-state index contributed by atoms with van der Waals surface area (Å²) in [4.78, 5) is 15.0.